The van der Waals surface area contributed by atoms with Crippen LogP contribution in [0.2, 0.25) is 0 Å². The number of rotatable bonds is 0. The first-order valence-electron chi connectivity index (χ1n) is 0.949. The van der Waals surface area contributed by atoms with E-state index < -0.39 is 4.18 Å². The van der Waals surface area contributed by atoms with E-state index in [1.807, 2.05) is 0 Å². The van der Waals surface area contributed by atoms with Gasteiger partial charge in [0.15, 0.2) is 0 Å². The zero-order chi connectivity index (χ0) is 4.28. The van der Waals surface area contributed by atoms with Crippen LogP contribution < -0.4 is 0 Å². The van der Waals surface area contributed by atoms with Gasteiger partial charge in [0.05, 0.1) is 0 Å². The fourth-order valence-corrected chi connectivity index (χ4v) is 0. The number of hydrogen-bond donors (Lipinski definition) is 0. The molecule has 5 heavy (non-hydrogen) atoms. The van der Waals surface area contributed by atoms with E-state index in [0.717, 1.165) is 0 Å². The smallest absolute Gasteiger partial charge is 0.219 e. The van der Waals surface area contributed by atoms with Crippen LogP contribution in [0.4, 0.5) is 4.39 Å². The lowest BCUT2D eigenvalue weighted by atomic mass is 10.9. The third kappa shape index (κ3) is 4.15. The first kappa shape index (κ1) is 5.15. The number of halogens is 2. The van der Waals surface area contributed by atoms with Crippen molar-refractivity contribution in [3.8, 4) is 6.07 Å². The van der Waals surface area contributed by atoms with Gasteiger partial charge in [-0.05, 0) is 22.6 Å². The van der Waals surface area contributed by atoms with Crippen molar-refractivity contribution < 1.29 is 4.39 Å². The lowest BCUT2D eigenvalue weighted by Gasteiger charge is -1.68. The van der Waals surface area contributed by atoms with Crippen molar-refractivity contribution in [2.24, 2.45) is 0 Å². The van der Waals surface area contributed by atoms with Crippen LogP contribution in [0, 0.1) is 11.3 Å². The molecule has 0 bridgehead atoms. The van der Waals surface area contributed by atoms with Gasteiger partial charge in [-0.2, -0.15) is 5.26 Å². The molecule has 0 heterocycles. The monoisotopic (exact) mass is 185 g/mol. The van der Waals surface area contributed by atoms with Crippen LogP contribution in [-0.2, 0) is 0 Å². The maximum Gasteiger partial charge on any atom is 0.235 e. The summed E-state index contributed by atoms with van der Waals surface area (Å²) in [6.07, 6.45) is 0. The van der Waals surface area contributed by atoms with Crippen LogP contribution in [-0.4, -0.2) is 4.18 Å². The van der Waals surface area contributed by atoms with Crippen LogP contribution >= 0.6 is 22.6 Å². The van der Waals surface area contributed by atoms with Crippen LogP contribution in [0.1, 0.15) is 0 Å². The highest BCUT2D eigenvalue weighted by Crippen LogP contribution is 1.95. The van der Waals surface area contributed by atoms with Crippen molar-refractivity contribution in [1.82, 2.24) is 0 Å². The van der Waals surface area contributed by atoms with E-state index in [9.17, 15) is 4.39 Å². The van der Waals surface area contributed by atoms with Gasteiger partial charge in [-0.3, -0.25) is 0 Å². The minimum Gasteiger partial charge on any atom is -0.219 e. The van der Waals surface area contributed by atoms with Crippen molar-refractivity contribution in [3.63, 3.8) is 0 Å². The molecule has 0 rings (SSSR count). The molecule has 3 heteroatoms. The molecule has 0 aliphatic heterocycles. The van der Waals surface area contributed by atoms with Crippen LogP contribution in [0.3, 0.4) is 0 Å². The van der Waals surface area contributed by atoms with Gasteiger partial charge in [0, 0.05) is 0 Å². The Morgan fingerprint density at radius 1 is 2.00 bits per heavy atom. The van der Waals surface area contributed by atoms with Gasteiger partial charge in [-0.1, -0.05) is 0 Å². The molecule has 0 unspecified atom stereocenters. The first-order chi connectivity index (χ1) is 2.27. The molecule has 0 N–H and O–H groups in total. The summed E-state index contributed by atoms with van der Waals surface area (Å²) >= 11 is 1.38. The SMILES string of the molecule is N#C[C@@H](F)I. The van der Waals surface area contributed by atoms with E-state index in [1.165, 1.54) is 28.7 Å². The quantitative estimate of drug-likeness (QED) is 0.411. The van der Waals surface area contributed by atoms with Gasteiger partial charge in [-0.25, -0.2) is 4.39 Å². The van der Waals surface area contributed by atoms with E-state index >= 15 is 0 Å². The number of hydrogen-bond acceptors (Lipinski definition) is 1. The normalized spacial score (nSPS) is 13.0. The van der Waals surface area contributed by atoms with Crippen LogP contribution in [0.5, 0.6) is 0 Å². The van der Waals surface area contributed by atoms with Crippen molar-refractivity contribution in [1.29, 1.82) is 5.26 Å². The van der Waals surface area contributed by atoms with E-state index in [2.05, 4.69) is 0 Å². The van der Waals surface area contributed by atoms with Gasteiger partial charge in [0.25, 0.3) is 0 Å². The minimum absolute atomic E-state index is 1.34. The van der Waals surface area contributed by atoms with E-state index in [-0.39, 0.29) is 0 Å². The minimum atomic E-state index is -1.34. The molecule has 0 aromatic carbocycles. The highest BCUT2D eigenvalue weighted by atomic mass is 127. The van der Waals surface area contributed by atoms with Crippen molar-refractivity contribution >= 4 is 22.6 Å². The molecule has 0 radical (unpaired) electrons. The Labute approximate surface area is 42.9 Å². The fraction of sp³-hybridized carbons (Fsp3) is 0.500. The Morgan fingerprint density at radius 3 is 2.20 bits per heavy atom. The molecular weight excluding hydrogens is 184 g/mol. The zero-order valence-corrected chi connectivity index (χ0v) is 4.44. The lowest BCUT2D eigenvalue weighted by Crippen LogP contribution is -1.71. The van der Waals surface area contributed by atoms with Crippen LogP contribution in [0.25, 0.3) is 0 Å². The Hall–Kier alpha value is 0.150. The molecule has 0 saturated carbocycles. The summed E-state index contributed by atoms with van der Waals surface area (Å²) in [6, 6.07) is 1.35. The molecule has 0 fully saturated rings. The molecule has 0 spiro atoms. The van der Waals surface area contributed by atoms with Crippen molar-refractivity contribution in [3.05, 3.63) is 0 Å². The second kappa shape index (κ2) is 2.39. The summed E-state index contributed by atoms with van der Waals surface area (Å²) in [5.74, 6) is 0. The van der Waals surface area contributed by atoms with Gasteiger partial charge >= 0.3 is 0 Å². The highest BCUT2D eigenvalue weighted by Gasteiger charge is 1.87. The predicted octanol–water partition coefficient (Wildman–Crippen LogP) is 1.24. The second-order valence-corrected chi connectivity index (χ2v) is 1.52. The molecule has 0 aliphatic carbocycles. The summed E-state index contributed by atoms with van der Waals surface area (Å²) < 4.78 is 9.72. The van der Waals surface area contributed by atoms with E-state index in [0.29, 0.717) is 0 Å². The topological polar surface area (TPSA) is 23.8 Å². The molecule has 0 aromatic rings. The molecule has 1 nitrogen and oxygen atoms in total. The molecule has 0 amide bonds. The fourth-order valence-electron chi connectivity index (χ4n) is 0. The molecule has 0 aromatic heterocycles. The van der Waals surface area contributed by atoms with Gasteiger partial charge in [0.2, 0.25) is 4.18 Å². The van der Waals surface area contributed by atoms with E-state index in [4.69, 9.17) is 5.26 Å². The Balaban J connectivity index is 2.94. The standard InChI is InChI=1S/C2HFIN/c3-2(4)1-5/h2H/t2-/m0/s1. The zero-order valence-electron chi connectivity index (χ0n) is 2.28. The number of nitriles is 1. The predicted molar refractivity (Wildman–Crippen MR) is 24.5 cm³/mol. The third-order valence-electron chi connectivity index (χ3n) is 0.0976. The average molecular weight is 185 g/mol. The second-order valence-electron chi connectivity index (χ2n) is 0.430. The van der Waals surface area contributed by atoms with Gasteiger partial charge in [-0.15, -0.1) is 0 Å². The van der Waals surface area contributed by atoms with Gasteiger partial charge < -0.3 is 0 Å². The summed E-state index contributed by atoms with van der Waals surface area (Å²) in [7, 11) is 0. The van der Waals surface area contributed by atoms with Crippen molar-refractivity contribution in [2.75, 3.05) is 0 Å². The first-order valence-corrected chi connectivity index (χ1v) is 2.19. The average Bonchev–Trinajstić information content (AvgIpc) is 1.38. The largest absolute Gasteiger partial charge is 0.235 e. The summed E-state index contributed by atoms with van der Waals surface area (Å²) in [5, 5.41) is 7.51. The number of alkyl halides is 2. The lowest BCUT2D eigenvalue weighted by molar-refractivity contribution is 0.547. The Bertz CT molecular complexity index is 55.2. The molecule has 0 aliphatic rings. The van der Waals surface area contributed by atoms with Gasteiger partial charge in [0.1, 0.15) is 6.07 Å². The summed E-state index contributed by atoms with van der Waals surface area (Å²) in [5.41, 5.74) is 0. The van der Waals surface area contributed by atoms with E-state index in [1.54, 1.807) is 0 Å². The summed E-state index contributed by atoms with van der Waals surface area (Å²) in [6.45, 7) is 0. The maximum absolute atomic E-state index is 11.1. The molecule has 0 saturated heterocycles. The highest BCUT2D eigenvalue weighted by molar-refractivity contribution is 14.1. The Morgan fingerprint density at radius 2 is 2.20 bits per heavy atom. The van der Waals surface area contributed by atoms with Crippen LogP contribution in [0.15, 0.2) is 0 Å². The molecule has 1 atom stereocenters. The molecular formula is C2HFIN. The van der Waals surface area contributed by atoms with Crippen molar-refractivity contribution in [2.45, 2.75) is 4.18 Å². The molecule has 28 valence electrons. The Kier molecular flexibility index (Phi) is 2.46. The number of nitrogens with zero attached hydrogens (tertiary/aromatic N) is 1. The summed E-state index contributed by atoms with van der Waals surface area (Å²) in [4.78, 5) is 0. The third-order valence-corrected chi connectivity index (χ3v) is 0.376. The maximum atomic E-state index is 11.1.